The molecule has 0 saturated heterocycles. The van der Waals surface area contributed by atoms with Gasteiger partial charge >= 0.3 is 83.2 Å². The standard InChI is InChI=1S/C8H7.Ce.2ClH/c1-2-8-6-4-3-5-7-8;;;/h1-7H;;2*1H/q;+2;;/p-2. The van der Waals surface area contributed by atoms with Crippen molar-refractivity contribution in [2.75, 3.05) is 0 Å². The van der Waals surface area contributed by atoms with Crippen LogP contribution in [0.15, 0.2) is 31.9 Å². The molecule has 0 aliphatic carbocycles. The first-order valence-electron chi connectivity index (χ1n) is 2.82. The van der Waals surface area contributed by atoms with Crippen LogP contribution in [0, 0.1) is 39.6 Å². The van der Waals surface area contributed by atoms with E-state index in [0.29, 0.717) is 0 Å². The third kappa shape index (κ3) is 6.11. The van der Waals surface area contributed by atoms with Crippen LogP contribution in [0.1, 0.15) is 5.56 Å². The second-order valence-corrected chi connectivity index (χ2v) is 2.79. The predicted octanol–water partition coefficient (Wildman–Crippen LogP) is -3.79. The summed E-state index contributed by atoms with van der Waals surface area (Å²) >= 11 is 1.14. The molecule has 1 aromatic carbocycles. The van der Waals surface area contributed by atoms with Gasteiger partial charge in [-0.05, 0) is 0 Å². The Bertz CT molecular complexity index is 197. The maximum Gasteiger partial charge on any atom is -1.00 e. The molecule has 0 aliphatic rings. The summed E-state index contributed by atoms with van der Waals surface area (Å²) in [6, 6.07) is 10.3. The smallest absolute Gasteiger partial charge is 1.00 e. The van der Waals surface area contributed by atoms with Crippen LogP contribution in [-0.2, 0) is 0 Å². The molecule has 0 saturated carbocycles. The molecule has 0 atom stereocenters. The summed E-state index contributed by atoms with van der Waals surface area (Å²) in [6.07, 6.45) is 2.15. The van der Waals surface area contributed by atoms with Crippen LogP contribution in [0.3, 0.4) is 0 Å². The van der Waals surface area contributed by atoms with Crippen LogP contribution in [0.2, 0.25) is 0 Å². The zero-order chi connectivity index (χ0) is 6.53. The van der Waals surface area contributed by atoms with Crippen molar-refractivity contribution in [2.24, 2.45) is 0 Å². The minimum atomic E-state index is 0. The summed E-state index contributed by atoms with van der Waals surface area (Å²) in [5.74, 6) is 0. The molecule has 1 rings (SSSR count). The van der Waals surface area contributed by atoms with Crippen LogP contribution >= 0.6 is 0 Å². The zero-order valence-electron chi connectivity index (χ0n) is 5.80. The molecule has 0 aliphatic heterocycles. The fourth-order valence-corrected chi connectivity index (χ4v) is 1.26. The van der Waals surface area contributed by atoms with Crippen molar-refractivity contribution >= 4 is 6.08 Å². The van der Waals surface area contributed by atoms with Crippen molar-refractivity contribution in [2.45, 2.75) is 0 Å². The van der Waals surface area contributed by atoms with Gasteiger partial charge in [-0.2, -0.15) is 0 Å². The Morgan fingerprint density at radius 2 is 1.55 bits per heavy atom. The third-order valence-electron chi connectivity index (χ3n) is 1.08. The second-order valence-electron chi connectivity index (χ2n) is 1.74. The maximum absolute atomic E-state index is 2.18. The van der Waals surface area contributed by atoms with Crippen molar-refractivity contribution in [1.82, 2.24) is 0 Å². The van der Waals surface area contributed by atoms with E-state index in [9.17, 15) is 0 Å². The SMILES string of the molecule is [Ce+2][CH]=Cc1ccccc1.[Cl-].[Cl-]. The first kappa shape index (κ1) is 14.4. The van der Waals surface area contributed by atoms with Gasteiger partial charge in [0.15, 0.2) is 0 Å². The summed E-state index contributed by atoms with van der Waals surface area (Å²) in [7, 11) is 0. The van der Waals surface area contributed by atoms with Crippen molar-refractivity contribution in [3.8, 4) is 0 Å². The molecular formula is C8H7CeCl2. The molecule has 0 bridgehead atoms. The Morgan fingerprint density at radius 3 is 2.00 bits per heavy atom. The predicted molar refractivity (Wildman–Crippen MR) is 35.5 cm³/mol. The van der Waals surface area contributed by atoms with E-state index in [-0.39, 0.29) is 24.8 Å². The third-order valence-corrected chi connectivity index (χ3v) is 1.60. The molecule has 11 heavy (non-hydrogen) atoms. The van der Waals surface area contributed by atoms with E-state index in [0.717, 1.165) is 39.6 Å². The monoisotopic (exact) mass is 313 g/mol. The Labute approximate surface area is 107 Å². The van der Waals surface area contributed by atoms with Gasteiger partial charge in [-0.15, -0.1) is 0 Å². The van der Waals surface area contributed by atoms with Gasteiger partial charge in [0.2, 0.25) is 0 Å². The van der Waals surface area contributed by atoms with Crippen molar-refractivity contribution < 1.29 is 64.5 Å². The molecule has 57 valence electrons. The van der Waals surface area contributed by atoms with E-state index >= 15 is 0 Å². The number of hydrogen-bond acceptors (Lipinski definition) is 0. The van der Waals surface area contributed by atoms with E-state index < -0.39 is 0 Å². The fourth-order valence-electron chi connectivity index (χ4n) is 0.660. The fraction of sp³-hybridized carbons (Fsp3) is 0. The van der Waals surface area contributed by atoms with Gasteiger partial charge in [0, 0.05) is 0 Å². The number of rotatable bonds is 1. The van der Waals surface area contributed by atoms with Gasteiger partial charge in [0.05, 0.1) is 0 Å². The molecule has 0 amide bonds. The van der Waals surface area contributed by atoms with Crippen LogP contribution in [0.25, 0.3) is 6.08 Å². The summed E-state index contributed by atoms with van der Waals surface area (Å²) in [4.78, 5) is 0. The molecule has 0 spiro atoms. The topological polar surface area (TPSA) is 0 Å². The first-order valence-corrected chi connectivity index (χ1v) is 4.63. The minimum Gasteiger partial charge on any atom is -1.00 e. The van der Waals surface area contributed by atoms with Gasteiger partial charge in [0.25, 0.3) is 0 Å². The van der Waals surface area contributed by atoms with Gasteiger partial charge < -0.3 is 24.8 Å². The van der Waals surface area contributed by atoms with Crippen molar-refractivity contribution in [1.29, 1.82) is 0 Å². The minimum absolute atomic E-state index is 0. The molecule has 0 aromatic heterocycles. The quantitative estimate of drug-likeness (QED) is 0.499. The number of halogens is 2. The Kier molecular flexibility index (Phi) is 11.8. The summed E-state index contributed by atoms with van der Waals surface area (Å²) in [5.41, 5.74) is 1.30. The largest absolute Gasteiger partial charge is 1.00 e. The molecule has 0 heterocycles. The Hall–Kier alpha value is 0.917. The summed E-state index contributed by atoms with van der Waals surface area (Å²) in [5, 5.41) is 0. The second kappa shape index (κ2) is 9.01. The molecule has 0 nitrogen and oxygen atoms in total. The van der Waals surface area contributed by atoms with Crippen LogP contribution < -0.4 is 24.8 Å². The normalized spacial score (nSPS) is 8.55. The van der Waals surface area contributed by atoms with Crippen molar-refractivity contribution in [3.05, 3.63) is 37.5 Å². The van der Waals surface area contributed by atoms with Gasteiger partial charge in [-0.1, -0.05) is 0 Å². The average molecular weight is 314 g/mol. The molecule has 0 radical (unpaired) electrons. The molecule has 3 heteroatoms. The van der Waals surface area contributed by atoms with E-state index in [1.54, 1.807) is 0 Å². The van der Waals surface area contributed by atoms with E-state index in [1.165, 1.54) is 5.56 Å². The van der Waals surface area contributed by atoms with Crippen LogP contribution in [0.5, 0.6) is 0 Å². The van der Waals surface area contributed by atoms with Crippen LogP contribution in [-0.4, -0.2) is 0 Å². The Morgan fingerprint density at radius 1 is 1.00 bits per heavy atom. The molecular weight excluding hydrogens is 307 g/mol. The van der Waals surface area contributed by atoms with E-state index in [1.807, 2.05) is 6.07 Å². The molecule has 0 unspecified atom stereocenters. The van der Waals surface area contributed by atoms with Gasteiger partial charge in [-0.25, -0.2) is 0 Å². The maximum atomic E-state index is 2.18. The first-order chi connectivity index (χ1) is 4.43. The van der Waals surface area contributed by atoms with E-state index in [4.69, 9.17) is 0 Å². The van der Waals surface area contributed by atoms with Gasteiger partial charge in [-0.3, -0.25) is 0 Å². The molecule has 0 N–H and O–H groups in total. The van der Waals surface area contributed by atoms with Gasteiger partial charge in [0.1, 0.15) is 0 Å². The Balaban J connectivity index is 0. The molecule has 0 fully saturated rings. The summed E-state index contributed by atoms with van der Waals surface area (Å²) in [6.45, 7) is 0. The number of benzene rings is 1. The van der Waals surface area contributed by atoms with Crippen molar-refractivity contribution in [3.63, 3.8) is 0 Å². The summed E-state index contributed by atoms with van der Waals surface area (Å²) < 4.78 is 2.18. The average Bonchev–Trinajstić information content (AvgIpc) is 1.91. The van der Waals surface area contributed by atoms with Crippen LogP contribution in [0.4, 0.5) is 0 Å². The van der Waals surface area contributed by atoms with E-state index in [2.05, 4.69) is 31.9 Å². The zero-order valence-corrected chi connectivity index (χ0v) is 10.4. The number of hydrogen-bond donors (Lipinski definition) is 0. The molecule has 1 aromatic rings.